The van der Waals surface area contributed by atoms with Crippen LogP contribution in [-0.2, 0) is 13.2 Å². The molecule has 0 saturated heterocycles. The summed E-state index contributed by atoms with van der Waals surface area (Å²) < 4.78 is 17.4. The van der Waals surface area contributed by atoms with Crippen molar-refractivity contribution in [2.24, 2.45) is 5.10 Å². The molecular weight excluding hydrogens is 476 g/mol. The Bertz CT molecular complexity index is 1330. The number of hydrazone groups is 1. The lowest BCUT2D eigenvalue weighted by atomic mass is 10.2. The van der Waals surface area contributed by atoms with Crippen LogP contribution < -0.4 is 19.6 Å². The number of hydrogen-bond acceptors (Lipinski definition) is 5. The summed E-state index contributed by atoms with van der Waals surface area (Å²) in [6.07, 6.45) is 1.53. The number of amides is 1. The molecule has 4 aromatic rings. The zero-order chi connectivity index (χ0) is 25.2. The third kappa shape index (κ3) is 6.87. The van der Waals surface area contributed by atoms with E-state index in [4.69, 9.17) is 25.8 Å². The topological polar surface area (TPSA) is 69.2 Å². The molecule has 0 aliphatic carbocycles. The average Bonchev–Trinajstić information content (AvgIpc) is 2.92. The van der Waals surface area contributed by atoms with Crippen LogP contribution in [0.2, 0.25) is 5.02 Å². The quantitative estimate of drug-likeness (QED) is 0.206. The highest BCUT2D eigenvalue weighted by Gasteiger charge is 2.12. The fourth-order valence-electron chi connectivity index (χ4n) is 3.39. The lowest BCUT2D eigenvalue weighted by Gasteiger charge is -2.14. The van der Waals surface area contributed by atoms with Crippen LogP contribution >= 0.6 is 11.6 Å². The first-order valence-corrected chi connectivity index (χ1v) is 11.6. The van der Waals surface area contributed by atoms with Crippen molar-refractivity contribution in [3.05, 3.63) is 124 Å². The summed E-state index contributed by atoms with van der Waals surface area (Å²) in [4.78, 5) is 12.6. The van der Waals surface area contributed by atoms with Gasteiger partial charge in [0.1, 0.15) is 19.0 Å². The molecule has 0 aliphatic heterocycles. The summed E-state index contributed by atoms with van der Waals surface area (Å²) in [5.41, 5.74) is 5.61. The molecule has 0 unspecified atom stereocenters. The number of benzene rings is 4. The summed E-state index contributed by atoms with van der Waals surface area (Å²) in [5, 5.41) is 4.51. The van der Waals surface area contributed by atoms with E-state index in [1.54, 1.807) is 12.1 Å². The number of hydrogen-bond donors (Lipinski definition) is 1. The van der Waals surface area contributed by atoms with Crippen molar-refractivity contribution in [3.63, 3.8) is 0 Å². The van der Waals surface area contributed by atoms with Gasteiger partial charge in [-0.2, -0.15) is 5.10 Å². The van der Waals surface area contributed by atoms with E-state index in [-0.39, 0.29) is 0 Å². The molecule has 1 amide bonds. The standard InChI is InChI=1S/C29H25ClN2O4/c1-34-26-15-13-24(30)17-25(26)29(33)32-31-18-23-12-14-27(35-19-21-8-4-2-5-9-21)28(16-23)36-20-22-10-6-3-7-11-22/h2-18H,19-20H2,1H3,(H,32,33)/b31-18-. The molecule has 36 heavy (non-hydrogen) atoms. The van der Waals surface area contributed by atoms with E-state index >= 15 is 0 Å². The Morgan fingerprint density at radius 1 is 0.806 bits per heavy atom. The van der Waals surface area contributed by atoms with Crippen LogP contribution in [0.1, 0.15) is 27.0 Å². The van der Waals surface area contributed by atoms with Crippen molar-refractivity contribution in [2.75, 3.05) is 7.11 Å². The molecule has 1 N–H and O–H groups in total. The molecule has 6 nitrogen and oxygen atoms in total. The Kier molecular flexibility index (Phi) is 8.57. The van der Waals surface area contributed by atoms with Crippen LogP contribution in [0, 0.1) is 0 Å². The number of carbonyl (C=O) groups is 1. The monoisotopic (exact) mass is 500 g/mol. The van der Waals surface area contributed by atoms with E-state index in [2.05, 4.69) is 10.5 Å². The van der Waals surface area contributed by atoms with E-state index in [0.717, 1.165) is 16.7 Å². The second kappa shape index (κ2) is 12.4. The Hall–Kier alpha value is -4.29. The molecule has 4 rings (SSSR count). The van der Waals surface area contributed by atoms with Crippen LogP contribution in [0.15, 0.2) is 102 Å². The molecule has 0 heterocycles. The molecule has 4 aromatic carbocycles. The molecule has 182 valence electrons. The normalized spacial score (nSPS) is 10.7. The number of nitrogens with zero attached hydrogens (tertiary/aromatic N) is 1. The van der Waals surface area contributed by atoms with E-state index in [9.17, 15) is 4.79 Å². The van der Waals surface area contributed by atoms with Crippen LogP contribution in [0.3, 0.4) is 0 Å². The number of ether oxygens (including phenoxy) is 3. The third-order valence-corrected chi connectivity index (χ3v) is 5.46. The second-order valence-corrected chi connectivity index (χ2v) is 8.23. The minimum atomic E-state index is -0.436. The molecule has 0 atom stereocenters. The Labute approximate surface area is 215 Å². The van der Waals surface area contributed by atoms with Crippen molar-refractivity contribution in [1.82, 2.24) is 5.43 Å². The SMILES string of the molecule is COc1ccc(Cl)cc1C(=O)N/N=C\c1ccc(OCc2ccccc2)c(OCc2ccccc2)c1. The molecule has 0 bridgehead atoms. The predicted molar refractivity (Wildman–Crippen MR) is 141 cm³/mol. The largest absolute Gasteiger partial charge is 0.496 e. The molecule has 7 heteroatoms. The summed E-state index contributed by atoms with van der Waals surface area (Å²) >= 11 is 6.02. The molecular formula is C29H25ClN2O4. The second-order valence-electron chi connectivity index (χ2n) is 7.80. The number of halogens is 1. The maximum Gasteiger partial charge on any atom is 0.275 e. The zero-order valence-corrected chi connectivity index (χ0v) is 20.4. The van der Waals surface area contributed by atoms with Crippen molar-refractivity contribution < 1.29 is 19.0 Å². The third-order valence-electron chi connectivity index (χ3n) is 5.23. The summed E-state index contributed by atoms with van der Waals surface area (Å²) in [6, 6.07) is 30.1. The van der Waals surface area contributed by atoms with Crippen molar-refractivity contribution in [3.8, 4) is 17.2 Å². The minimum absolute atomic E-state index is 0.290. The van der Waals surface area contributed by atoms with Gasteiger partial charge in [0.2, 0.25) is 0 Å². The van der Waals surface area contributed by atoms with Gasteiger partial charge < -0.3 is 14.2 Å². The minimum Gasteiger partial charge on any atom is -0.496 e. The van der Waals surface area contributed by atoms with Gasteiger partial charge in [-0.3, -0.25) is 4.79 Å². The summed E-state index contributed by atoms with van der Waals surface area (Å²) in [6.45, 7) is 0.794. The number of carbonyl (C=O) groups excluding carboxylic acids is 1. The Morgan fingerprint density at radius 2 is 1.42 bits per heavy atom. The van der Waals surface area contributed by atoms with Crippen LogP contribution in [0.4, 0.5) is 0 Å². The fraction of sp³-hybridized carbons (Fsp3) is 0.103. The maximum atomic E-state index is 12.6. The average molecular weight is 501 g/mol. The summed E-state index contributed by atoms with van der Waals surface area (Å²) in [5.74, 6) is 1.15. The predicted octanol–water partition coefficient (Wildman–Crippen LogP) is 6.27. The molecule has 0 aromatic heterocycles. The van der Waals surface area contributed by atoms with Crippen molar-refractivity contribution >= 4 is 23.7 Å². The van der Waals surface area contributed by atoms with Gasteiger partial charge in [-0.05, 0) is 53.1 Å². The molecule has 0 radical (unpaired) electrons. The lowest BCUT2D eigenvalue weighted by Crippen LogP contribution is -2.18. The number of rotatable bonds is 10. The Balaban J connectivity index is 1.48. The highest BCUT2D eigenvalue weighted by molar-refractivity contribution is 6.31. The highest BCUT2D eigenvalue weighted by Crippen LogP contribution is 2.30. The van der Waals surface area contributed by atoms with Crippen LogP contribution in [-0.4, -0.2) is 19.2 Å². The van der Waals surface area contributed by atoms with E-state index in [0.29, 0.717) is 41.0 Å². The smallest absolute Gasteiger partial charge is 0.275 e. The summed E-state index contributed by atoms with van der Waals surface area (Å²) in [7, 11) is 1.49. The maximum absolute atomic E-state index is 12.6. The lowest BCUT2D eigenvalue weighted by molar-refractivity contribution is 0.0952. The number of nitrogens with one attached hydrogen (secondary N) is 1. The van der Waals surface area contributed by atoms with Crippen LogP contribution in [0.5, 0.6) is 17.2 Å². The van der Waals surface area contributed by atoms with Gasteiger partial charge in [0.25, 0.3) is 5.91 Å². The molecule has 0 spiro atoms. The van der Waals surface area contributed by atoms with Gasteiger partial charge in [-0.25, -0.2) is 5.43 Å². The van der Waals surface area contributed by atoms with Crippen LogP contribution in [0.25, 0.3) is 0 Å². The fourth-order valence-corrected chi connectivity index (χ4v) is 3.56. The molecule has 0 aliphatic rings. The zero-order valence-electron chi connectivity index (χ0n) is 19.7. The molecule has 0 saturated carbocycles. The Morgan fingerprint density at radius 3 is 2.06 bits per heavy atom. The van der Waals surface area contributed by atoms with Gasteiger partial charge in [-0.15, -0.1) is 0 Å². The van der Waals surface area contributed by atoms with Gasteiger partial charge in [-0.1, -0.05) is 72.3 Å². The van der Waals surface area contributed by atoms with Gasteiger partial charge in [0.15, 0.2) is 11.5 Å². The number of methoxy groups -OCH3 is 1. The van der Waals surface area contributed by atoms with Gasteiger partial charge in [0.05, 0.1) is 18.9 Å². The highest BCUT2D eigenvalue weighted by atomic mass is 35.5. The van der Waals surface area contributed by atoms with E-state index in [1.165, 1.54) is 19.4 Å². The van der Waals surface area contributed by atoms with Crippen molar-refractivity contribution in [1.29, 1.82) is 0 Å². The molecule has 0 fully saturated rings. The van der Waals surface area contributed by atoms with Crippen molar-refractivity contribution in [2.45, 2.75) is 13.2 Å². The first-order valence-electron chi connectivity index (χ1n) is 11.3. The van der Waals surface area contributed by atoms with E-state index in [1.807, 2.05) is 78.9 Å². The first kappa shape index (κ1) is 24.8. The van der Waals surface area contributed by atoms with Gasteiger partial charge >= 0.3 is 0 Å². The van der Waals surface area contributed by atoms with Gasteiger partial charge in [0, 0.05) is 5.02 Å². The first-order chi connectivity index (χ1) is 17.6. The van der Waals surface area contributed by atoms with E-state index < -0.39 is 5.91 Å².